The van der Waals surface area contributed by atoms with Crippen LogP contribution >= 0.6 is 0 Å². The van der Waals surface area contributed by atoms with E-state index in [4.69, 9.17) is 4.42 Å². The summed E-state index contributed by atoms with van der Waals surface area (Å²) in [6.07, 6.45) is 1.71. The van der Waals surface area contributed by atoms with Gasteiger partial charge in [0, 0.05) is 18.3 Å². The number of aryl methyl sites for hydroxylation is 2. The molecule has 0 fully saturated rings. The standard InChI is InChI=1S/C13H19N3O/c1-5-14-13(11-7-6-8-17-11)12-9(2)15-16(4)10(12)3/h6-8,13-14H,5H2,1-4H3. The highest BCUT2D eigenvalue weighted by Gasteiger charge is 2.22. The van der Waals surface area contributed by atoms with Crippen molar-refractivity contribution in [2.24, 2.45) is 7.05 Å². The fourth-order valence-electron chi connectivity index (χ4n) is 2.21. The van der Waals surface area contributed by atoms with Gasteiger partial charge in [-0.15, -0.1) is 0 Å². The number of hydrogen-bond acceptors (Lipinski definition) is 3. The van der Waals surface area contributed by atoms with Crippen LogP contribution in [0.2, 0.25) is 0 Å². The van der Waals surface area contributed by atoms with E-state index in [0.29, 0.717) is 0 Å². The normalized spacial score (nSPS) is 12.9. The molecule has 0 aliphatic rings. The van der Waals surface area contributed by atoms with Gasteiger partial charge in [-0.25, -0.2) is 0 Å². The average molecular weight is 233 g/mol. The van der Waals surface area contributed by atoms with Crippen LogP contribution in [0.1, 0.15) is 35.7 Å². The molecule has 1 atom stereocenters. The second-order valence-corrected chi connectivity index (χ2v) is 4.21. The first-order valence-corrected chi connectivity index (χ1v) is 5.92. The van der Waals surface area contributed by atoms with E-state index in [1.54, 1.807) is 6.26 Å². The molecule has 0 bridgehead atoms. The minimum absolute atomic E-state index is 0.0868. The lowest BCUT2D eigenvalue weighted by Crippen LogP contribution is -2.22. The zero-order chi connectivity index (χ0) is 12.4. The van der Waals surface area contributed by atoms with Crippen molar-refractivity contribution in [2.75, 3.05) is 6.54 Å². The summed E-state index contributed by atoms with van der Waals surface area (Å²) in [4.78, 5) is 0. The molecule has 2 heterocycles. The number of nitrogens with zero attached hydrogens (tertiary/aromatic N) is 2. The van der Waals surface area contributed by atoms with Gasteiger partial charge in [0.15, 0.2) is 0 Å². The molecule has 2 rings (SSSR count). The van der Waals surface area contributed by atoms with E-state index in [1.807, 2.05) is 30.8 Å². The van der Waals surface area contributed by atoms with Crippen molar-refractivity contribution in [3.63, 3.8) is 0 Å². The van der Waals surface area contributed by atoms with Crippen LogP contribution in [0.15, 0.2) is 22.8 Å². The third-order valence-corrected chi connectivity index (χ3v) is 3.09. The van der Waals surface area contributed by atoms with Gasteiger partial charge >= 0.3 is 0 Å². The largest absolute Gasteiger partial charge is 0.467 e. The summed E-state index contributed by atoms with van der Waals surface area (Å²) in [6.45, 7) is 7.11. The predicted molar refractivity (Wildman–Crippen MR) is 66.9 cm³/mol. The molecule has 0 saturated heterocycles. The predicted octanol–water partition coefficient (Wildman–Crippen LogP) is 2.33. The Labute approximate surface area is 102 Å². The Kier molecular flexibility index (Phi) is 3.33. The van der Waals surface area contributed by atoms with Crippen molar-refractivity contribution in [3.05, 3.63) is 41.1 Å². The van der Waals surface area contributed by atoms with Crippen LogP contribution in [0, 0.1) is 13.8 Å². The molecule has 0 spiro atoms. The first-order chi connectivity index (χ1) is 8.15. The molecule has 1 unspecified atom stereocenters. The van der Waals surface area contributed by atoms with E-state index < -0.39 is 0 Å². The molecular weight excluding hydrogens is 214 g/mol. The SMILES string of the molecule is CCNC(c1ccco1)c1c(C)nn(C)c1C. The highest BCUT2D eigenvalue weighted by Crippen LogP contribution is 2.27. The number of nitrogens with one attached hydrogen (secondary N) is 1. The number of rotatable bonds is 4. The molecule has 0 aromatic carbocycles. The van der Waals surface area contributed by atoms with E-state index in [0.717, 1.165) is 18.0 Å². The quantitative estimate of drug-likeness (QED) is 0.881. The second kappa shape index (κ2) is 4.75. The number of furan rings is 1. The van der Waals surface area contributed by atoms with Crippen molar-refractivity contribution >= 4 is 0 Å². The Bertz CT molecular complexity index is 485. The smallest absolute Gasteiger partial charge is 0.125 e. The maximum atomic E-state index is 5.52. The third-order valence-electron chi connectivity index (χ3n) is 3.09. The van der Waals surface area contributed by atoms with Gasteiger partial charge in [0.2, 0.25) is 0 Å². The van der Waals surface area contributed by atoms with Gasteiger partial charge in [0.05, 0.1) is 18.0 Å². The summed E-state index contributed by atoms with van der Waals surface area (Å²) in [5, 5.41) is 7.91. The van der Waals surface area contributed by atoms with Gasteiger partial charge in [0.1, 0.15) is 5.76 Å². The fraction of sp³-hybridized carbons (Fsp3) is 0.462. The maximum Gasteiger partial charge on any atom is 0.125 e. The maximum absolute atomic E-state index is 5.52. The molecule has 4 heteroatoms. The molecule has 0 saturated carbocycles. The van der Waals surface area contributed by atoms with Crippen LogP contribution < -0.4 is 5.32 Å². The highest BCUT2D eigenvalue weighted by atomic mass is 16.3. The van der Waals surface area contributed by atoms with E-state index in [2.05, 4.69) is 24.3 Å². The lowest BCUT2D eigenvalue weighted by atomic mass is 10.0. The zero-order valence-electron chi connectivity index (χ0n) is 10.8. The van der Waals surface area contributed by atoms with E-state index in [-0.39, 0.29) is 6.04 Å². The topological polar surface area (TPSA) is 43.0 Å². The van der Waals surface area contributed by atoms with Crippen molar-refractivity contribution in [1.82, 2.24) is 15.1 Å². The first-order valence-electron chi connectivity index (χ1n) is 5.92. The van der Waals surface area contributed by atoms with E-state index in [9.17, 15) is 0 Å². The molecule has 17 heavy (non-hydrogen) atoms. The molecule has 0 radical (unpaired) electrons. The molecule has 1 N–H and O–H groups in total. The summed E-state index contributed by atoms with van der Waals surface area (Å²) in [6, 6.07) is 4.00. The Morgan fingerprint density at radius 2 is 2.24 bits per heavy atom. The average Bonchev–Trinajstić information content (AvgIpc) is 2.88. The molecule has 0 aliphatic heterocycles. The fourth-order valence-corrected chi connectivity index (χ4v) is 2.21. The van der Waals surface area contributed by atoms with Crippen LogP contribution in [0.25, 0.3) is 0 Å². The molecular formula is C13H19N3O. The summed E-state index contributed by atoms with van der Waals surface area (Å²) >= 11 is 0. The first kappa shape index (κ1) is 11.9. The van der Waals surface area contributed by atoms with Gasteiger partial charge in [-0.05, 0) is 32.5 Å². The van der Waals surface area contributed by atoms with Crippen LogP contribution in [0.5, 0.6) is 0 Å². The lowest BCUT2D eigenvalue weighted by Gasteiger charge is -2.16. The number of hydrogen-bond donors (Lipinski definition) is 1. The second-order valence-electron chi connectivity index (χ2n) is 4.21. The summed E-state index contributed by atoms with van der Waals surface area (Å²) < 4.78 is 7.44. The van der Waals surface area contributed by atoms with Crippen LogP contribution in [0.3, 0.4) is 0 Å². The van der Waals surface area contributed by atoms with Crippen molar-refractivity contribution in [1.29, 1.82) is 0 Å². The Morgan fingerprint density at radius 1 is 1.47 bits per heavy atom. The highest BCUT2D eigenvalue weighted by molar-refractivity contribution is 5.33. The Balaban J connectivity index is 2.46. The van der Waals surface area contributed by atoms with Crippen molar-refractivity contribution in [3.8, 4) is 0 Å². The Morgan fingerprint density at radius 3 is 2.71 bits per heavy atom. The van der Waals surface area contributed by atoms with Crippen LogP contribution in [0.4, 0.5) is 0 Å². The summed E-state index contributed by atoms with van der Waals surface area (Å²) in [7, 11) is 1.97. The minimum Gasteiger partial charge on any atom is -0.467 e. The van der Waals surface area contributed by atoms with Crippen molar-refractivity contribution in [2.45, 2.75) is 26.8 Å². The van der Waals surface area contributed by atoms with Gasteiger partial charge in [0.25, 0.3) is 0 Å². The minimum atomic E-state index is 0.0868. The molecule has 0 amide bonds. The number of aromatic nitrogens is 2. The lowest BCUT2D eigenvalue weighted by molar-refractivity contribution is 0.450. The summed E-state index contributed by atoms with van der Waals surface area (Å²) in [5.74, 6) is 0.936. The van der Waals surface area contributed by atoms with E-state index in [1.165, 1.54) is 11.3 Å². The molecule has 4 nitrogen and oxygen atoms in total. The van der Waals surface area contributed by atoms with Gasteiger partial charge in [-0.3, -0.25) is 4.68 Å². The molecule has 0 aliphatic carbocycles. The zero-order valence-corrected chi connectivity index (χ0v) is 10.8. The summed E-state index contributed by atoms with van der Waals surface area (Å²) in [5.41, 5.74) is 3.43. The monoisotopic (exact) mass is 233 g/mol. The molecule has 2 aromatic rings. The van der Waals surface area contributed by atoms with Gasteiger partial charge < -0.3 is 9.73 Å². The molecule has 92 valence electrons. The Hall–Kier alpha value is -1.55. The van der Waals surface area contributed by atoms with Crippen LogP contribution in [-0.4, -0.2) is 16.3 Å². The van der Waals surface area contributed by atoms with Crippen LogP contribution in [-0.2, 0) is 7.05 Å². The third kappa shape index (κ3) is 2.13. The van der Waals surface area contributed by atoms with E-state index >= 15 is 0 Å². The van der Waals surface area contributed by atoms with Gasteiger partial charge in [-0.1, -0.05) is 6.92 Å². The van der Waals surface area contributed by atoms with Gasteiger partial charge in [-0.2, -0.15) is 5.10 Å². The molecule has 2 aromatic heterocycles. The van der Waals surface area contributed by atoms with Crippen molar-refractivity contribution < 1.29 is 4.42 Å².